The van der Waals surface area contributed by atoms with Gasteiger partial charge in [-0.2, -0.15) is 5.26 Å². The third kappa shape index (κ3) is 3.13. The molecular weight excluding hydrogens is 452 g/mol. The lowest BCUT2D eigenvalue weighted by Gasteiger charge is -2.26. The molecule has 2 N–H and O–H groups in total. The van der Waals surface area contributed by atoms with E-state index in [9.17, 15) is 15.5 Å². The summed E-state index contributed by atoms with van der Waals surface area (Å²) in [5.41, 5.74) is 2.26. The molecule has 0 spiro atoms. The van der Waals surface area contributed by atoms with Gasteiger partial charge in [-0.15, -0.1) is 0 Å². The number of benzene rings is 3. The molecule has 0 amide bonds. The molecule has 6 heteroatoms. The maximum Gasteiger partial charge on any atom is 0.205 e. The Bertz CT molecular complexity index is 1550. The number of nitrogens with zero attached hydrogens (tertiary/aromatic N) is 2. The minimum absolute atomic E-state index is 0.0157. The van der Waals surface area contributed by atoms with Crippen molar-refractivity contribution in [2.45, 2.75) is 50.7 Å². The molecule has 0 saturated carbocycles. The molecule has 6 nitrogen and oxygen atoms in total. The lowest BCUT2D eigenvalue weighted by atomic mass is 9.78. The fourth-order valence-electron chi connectivity index (χ4n) is 6.10. The summed E-state index contributed by atoms with van der Waals surface area (Å²) in [6.45, 7) is 4.52. The first-order chi connectivity index (χ1) is 17.4. The van der Waals surface area contributed by atoms with E-state index in [0.717, 1.165) is 35.8 Å². The highest BCUT2D eigenvalue weighted by molar-refractivity contribution is 5.95. The number of hydrogen-bond donors (Lipinski definition) is 2. The van der Waals surface area contributed by atoms with E-state index < -0.39 is 11.2 Å². The van der Waals surface area contributed by atoms with E-state index >= 15 is 0 Å². The number of rotatable bonds is 6. The minimum Gasteiger partial charge on any atom is -0.494 e. The van der Waals surface area contributed by atoms with Gasteiger partial charge in [-0.1, -0.05) is 43.3 Å². The Morgan fingerprint density at radius 2 is 1.78 bits per heavy atom. The van der Waals surface area contributed by atoms with E-state index in [1.54, 1.807) is 12.1 Å². The van der Waals surface area contributed by atoms with Crippen molar-refractivity contribution in [1.82, 2.24) is 4.57 Å². The molecule has 1 fully saturated rings. The van der Waals surface area contributed by atoms with E-state index in [0.29, 0.717) is 35.4 Å². The quantitative estimate of drug-likeness (QED) is 0.344. The molecule has 0 aliphatic carbocycles. The van der Waals surface area contributed by atoms with Crippen molar-refractivity contribution in [3.8, 4) is 29.3 Å². The minimum atomic E-state index is -0.734. The number of ether oxygens (including phenoxy) is 2. The van der Waals surface area contributed by atoms with Gasteiger partial charge >= 0.3 is 0 Å². The van der Waals surface area contributed by atoms with Gasteiger partial charge in [0, 0.05) is 17.2 Å². The average Bonchev–Trinajstić information content (AvgIpc) is 3.48. The summed E-state index contributed by atoms with van der Waals surface area (Å²) in [4.78, 5) is 0. The summed E-state index contributed by atoms with van der Waals surface area (Å²) < 4.78 is 14.1. The zero-order valence-corrected chi connectivity index (χ0v) is 20.4. The number of aromatic hydroxyl groups is 2. The third-order valence-electron chi connectivity index (χ3n) is 7.88. The SMILES string of the molecule is CCc1cccc(OCC[C@@]23CC[C@@](C)(O2)c2c3c(O)n(-c3ccc(C#N)c4ccccc34)c2O)c1. The molecule has 2 atom stereocenters. The largest absolute Gasteiger partial charge is 0.494 e. The third-order valence-corrected chi connectivity index (χ3v) is 7.88. The highest BCUT2D eigenvalue weighted by Crippen LogP contribution is 2.65. The van der Waals surface area contributed by atoms with Crippen LogP contribution in [0.5, 0.6) is 17.5 Å². The number of aromatic nitrogens is 1. The molecule has 0 radical (unpaired) electrons. The predicted octanol–water partition coefficient (Wildman–Crippen LogP) is 6.18. The van der Waals surface area contributed by atoms with Crippen LogP contribution in [0.3, 0.4) is 0 Å². The first-order valence-corrected chi connectivity index (χ1v) is 12.4. The zero-order chi connectivity index (χ0) is 25.1. The average molecular weight is 481 g/mol. The Morgan fingerprint density at radius 1 is 1.00 bits per heavy atom. The summed E-state index contributed by atoms with van der Waals surface area (Å²) in [6.07, 6.45) is 2.98. The molecule has 0 unspecified atom stereocenters. The summed E-state index contributed by atoms with van der Waals surface area (Å²) in [7, 11) is 0. The molecule has 182 valence electrons. The molecule has 3 heterocycles. The topological polar surface area (TPSA) is 87.6 Å². The maximum atomic E-state index is 11.6. The first-order valence-electron chi connectivity index (χ1n) is 12.4. The summed E-state index contributed by atoms with van der Waals surface area (Å²) in [5.74, 6) is 0.783. The van der Waals surface area contributed by atoms with E-state index in [-0.39, 0.29) is 11.8 Å². The molecule has 2 aliphatic rings. The molecule has 6 rings (SSSR count). The van der Waals surface area contributed by atoms with E-state index in [2.05, 4.69) is 19.1 Å². The van der Waals surface area contributed by atoms with Crippen LogP contribution in [0.15, 0.2) is 60.7 Å². The van der Waals surface area contributed by atoms with Crippen LogP contribution in [0.25, 0.3) is 16.5 Å². The number of aryl methyl sites for hydroxylation is 1. The van der Waals surface area contributed by atoms with Crippen molar-refractivity contribution in [2.24, 2.45) is 0 Å². The van der Waals surface area contributed by atoms with Gasteiger partial charge in [-0.05, 0) is 56.0 Å². The number of fused-ring (bicyclic) bond motifs is 6. The van der Waals surface area contributed by atoms with Crippen molar-refractivity contribution in [3.63, 3.8) is 0 Å². The second-order valence-electron chi connectivity index (χ2n) is 9.95. The van der Waals surface area contributed by atoms with Gasteiger partial charge in [0.25, 0.3) is 0 Å². The van der Waals surface area contributed by atoms with Crippen LogP contribution in [0.2, 0.25) is 0 Å². The normalized spacial score (nSPS) is 22.0. The van der Waals surface area contributed by atoms with Gasteiger partial charge in [0.15, 0.2) is 0 Å². The Morgan fingerprint density at radius 3 is 2.56 bits per heavy atom. The zero-order valence-electron chi connectivity index (χ0n) is 20.4. The van der Waals surface area contributed by atoms with Crippen LogP contribution in [-0.2, 0) is 22.4 Å². The smallest absolute Gasteiger partial charge is 0.205 e. The van der Waals surface area contributed by atoms with Gasteiger partial charge in [-0.25, -0.2) is 0 Å². The maximum absolute atomic E-state index is 11.6. The van der Waals surface area contributed by atoms with Gasteiger partial charge in [0.2, 0.25) is 11.8 Å². The lowest BCUT2D eigenvalue weighted by molar-refractivity contribution is -0.0876. The molecule has 3 aromatic carbocycles. The highest BCUT2D eigenvalue weighted by atomic mass is 16.5. The summed E-state index contributed by atoms with van der Waals surface area (Å²) in [6, 6.07) is 21.3. The van der Waals surface area contributed by atoms with Crippen LogP contribution < -0.4 is 4.74 Å². The van der Waals surface area contributed by atoms with Gasteiger partial charge < -0.3 is 19.7 Å². The second kappa shape index (κ2) is 8.04. The second-order valence-corrected chi connectivity index (χ2v) is 9.95. The van der Waals surface area contributed by atoms with Crippen molar-refractivity contribution in [2.75, 3.05) is 6.61 Å². The van der Waals surface area contributed by atoms with Crippen LogP contribution in [0.4, 0.5) is 0 Å². The Balaban J connectivity index is 1.41. The van der Waals surface area contributed by atoms with Crippen molar-refractivity contribution in [1.29, 1.82) is 5.26 Å². The molecule has 36 heavy (non-hydrogen) atoms. The van der Waals surface area contributed by atoms with E-state index in [1.165, 1.54) is 10.1 Å². The Hall–Kier alpha value is -3.95. The summed E-state index contributed by atoms with van der Waals surface area (Å²) >= 11 is 0. The van der Waals surface area contributed by atoms with Gasteiger partial charge in [0.05, 0.1) is 40.7 Å². The monoisotopic (exact) mass is 480 g/mol. The standard InChI is InChI=1S/C30H28N2O4/c1-3-19-7-6-8-21(17-19)35-16-15-30-14-13-29(2,36-30)25-26(30)28(34)32(27(25)33)24-12-11-20(18-31)22-9-4-5-10-23(22)24/h4-12,17,33-34H,3,13-16H2,1-2H3/t29-,30-/m1/s1. The molecule has 4 aromatic rings. The van der Waals surface area contributed by atoms with Crippen molar-refractivity contribution >= 4 is 10.8 Å². The van der Waals surface area contributed by atoms with E-state index in [1.807, 2.05) is 49.4 Å². The number of hydrogen-bond acceptors (Lipinski definition) is 5. The first kappa shape index (κ1) is 22.5. The molecule has 2 bridgehead atoms. The van der Waals surface area contributed by atoms with Crippen molar-refractivity contribution < 1.29 is 19.7 Å². The van der Waals surface area contributed by atoms with Crippen molar-refractivity contribution in [3.05, 3.63) is 82.9 Å². The molecule has 1 aromatic heterocycles. The molecular formula is C30H28N2O4. The van der Waals surface area contributed by atoms with Crippen LogP contribution in [0, 0.1) is 11.3 Å². The lowest BCUT2D eigenvalue weighted by Crippen LogP contribution is -2.25. The predicted molar refractivity (Wildman–Crippen MR) is 137 cm³/mol. The molecule has 1 saturated heterocycles. The Labute approximate surface area is 209 Å². The van der Waals surface area contributed by atoms with Gasteiger partial charge in [-0.3, -0.25) is 4.57 Å². The molecule has 2 aliphatic heterocycles. The fraction of sp³-hybridized carbons (Fsp3) is 0.300. The van der Waals surface area contributed by atoms with Gasteiger partial charge in [0.1, 0.15) is 11.4 Å². The van der Waals surface area contributed by atoms with Crippen LogP contribution in [-0.4, -0.2) is 21.4 Å². The van der Waals surface area contributed by atoms with Crippen LogP contribution >= 0.6 is 0 Å². The van der Waals surface area contributed by atoms with E-state index in [4.69, 9.17) is 9.47 Å². The number of nitriles is 1. The fourth-order valence-corrected chi connectivity index (χ4v) is 6.10. The summed E-state index contributed by atoms with van der Waals surface area (Å²) in [5, 5.41) is 34.1. The Kier molecular flexibility index (Phi) is 5.03. The van der Waals surface area contributed by atoms with Crippen LogP contribution in [0.1, 0.15) is 55.4 Å². The highest BCUT2D eigenvalue weighted by Gasteiger charge is 2.61.